The van der Waals surface area contributed by atoms with E-state index in [2.05, 4.69) is 30.1 Å². The highest BCUT2D eigenvalue weighted by Crippen LogP contribution is 2.56. The SMILES string of the molecule is COC(=O)C1=CC=CC23CC=CC(C)=C2n2c([S])cnc2[N+]13C. The number of fused-ring (bicyclic) bond motifs is 3. The fourth-order valence-corrected chi connectivity index (χ4v) is 4.37. The smallest absolute Gasteiger partial charge is 0.393 e. The molecule has 0 saturated carbocycles. The van der Waals surface area contributed by atoms with Gasteiger partial charge in [-0.15, -0.1) is 0 Å². The zero-order valence-electron chi connectivity index (χ0n) is 13.2. The molecule has 23 heavy (non-hydrogen) atoms. The summed E-state index contributed by atoms with van der Waals surface area (Å²) in [6, 6.07) is 0. The van der Waals surface area contributed by atoms with Crippen molar-refractivity contribution in [1.29, 1.82) is 0 Å². The number of likely N-dealkylation sites (N-methyl/N-ethyl adjacent to an activating group) is 1. The van der Waals surface area contributed by atoms with E-state index >= 15 is 0 Å². The molecule has 0 aromatic carbocycles. The van der Waals surface area contributed by atoms with E-state index in [1.807, 2.05) is 23.8 Å². The number of methoxy groups -OCH3 is 1. The van der Waals surface area contributed by atoms with Gasteiger partial charge in [0.1, 0.15) is 5.03 Å². The average molecular weight is 327 g/mol. The molecule has 6 heteroatoms. The van der Waals surface area contributed by atoms with Crippen molar-refractivity contribution >= 4 is 30.2 Å². The molecule has 0 bridgehead atoms. The molecule has 2 unspecified atom stereocenters. The zero-order valence-corrected chi connectivity index (χ0v) is 14.1. The van der Waals surface area contributed by atoms with Crippen molar-refractivity contribution in [3.8, 4) is 0 Å². The molecule has 1 aliphatic carbocycles. The van der Waals surface area contributed by atoms with Gasteiger partial charge in [-0.05, 0) is 18.6 Å². The van der Waals surface area contributed by atoms with Crippen LogP contribution in [0.1, 0.15) is 13.3 Å². The Morgan fingerprint density at radius 2 is 2.30 bits per heavy atom. The van der Waals surface area contributed by atoms with Crippen molar-refractivity contribution in [2.75, 3.05) is 14.2 Å². The minimum atomic E-state index is -0.408. The Morgan fingerprint density at radius 3 is 3.04 bits per heavy atom. The first-order chi connectivity index (χ1) is 11.0. The first-order valence-electron chi connectivity index (χ1n) is 7.46. The largest absolute Gasteiger partial charge is 0.462 e. The van der Waals surface area contributed by atoms with Crippen LogP contribution < -0.4 is 4.48 Å². The second-order valence-electron chi connectivity index (χ2n) is 6.20. The number of esters is 1. The predicted octanol–water partition coefficient (Wildman–Crippen LogP) is 2.95. The Kier molecular flexibility index (Phi) is 2.77. The summed E-state index contributed by atoms with van der Waals surface area (Å²) in [6.45, 7) is 2.07. The number of carbonyl (C=O) groups excluding carboxylic acids is 1. The Hall–Kier alpha value is -2.18. The topological polar surface area (TPSA) is 44.1 Å². The quantitative estimate of drug-likeness (QED) is 0.588. The molecule has 2 atom stereocenters. The van der Waals surface area contributed by atoms with Crippen LogP contribution in [0, 0.1) is 0 Å². The molecule has 1 spiro atoms. The third-order valence-corrected chi connectivity index (χ3v) is 5.50. The third-order valence-electron chi connectivity index (χ3n) is 5.22. The van der Waals surface area contributed by atoms with Gasteiger partial charge in [0.2, 0.25) is 5.70 Å². The summed E-state index contributed by atoms with van der Waals surface area (Å²) in [4.78, 5) is 17.0. The molecule has 0 amide bonds. The molecule has 0 saturated heterocycles. The predicted molar refractivity (Wildman–Crippen MR) is 90.4 cm³/mol. The molecule has 1 aromatic rings. The molecule has 117 valence electrons. The molecule has 1 radical (unpaired) electrons. The van der Waals surface area contributed by atoms with Gasteiger partial charge in [-0.1, -0.05) is 30.9 Å². The lowest BCUT2D eigenvalue weighted by molar-refractivity contribution is -0.138. The van der Waals surface area contributed by atoms with Crippen molar-refractivity contribution in [3.05, 3.63) is 47.8 Å². The minimum Gasteiger partial charge on any atom is -0.462 e. The lowest BCUT2D eigenvalue weighted by Gasteiger charge is -2.44. The van der Waals surface area contributed by atoms with E-state index in [9.17, 15) is 4.79 Å². The van der Waals surface area contributed by atoms with E-state index in [1.165, 1.54) is 7.11 Å². The molecule has 2 aliphatic heterocycles. The molecule has 4 rings (SSSR count). The van der Waals surface area contributed by atoms with Gasteiger partial charge in [-0.3, -0.25) is 0 Å². The molecular weight excluding hydrogens is 310 g/mol. The van der Waals surface area contributed by atoms with Gasteiger partial charge >= 0.3 is 11.9 Å². The molecule has 0 fully saturated rings. The van der Waals surface area contributed by atoms with Crippen molar-refractivity contribution in [3.63, 3.8) is 0 Å². The van der Waals surface area contributed by atoms with E-state index < -0.39 is 5.54 Å². The van der Waals surface area contributed by atoms with Crippen molar-refractivity contribution in [2.45, 2.75) is 23.9 Å². The van der Waals surface area contributed by atoms with Gasteiger partial charge in [0.05, 0.1) is 26.1 Å². The Bertz CT molecular complexity index is 861. The monoisotopic (exact) mass is 327 g/mol. The first-order valence-corrected chi connectivity index (χ1v) is 7.87. The highest BCUT2D eigenvalue weighted by Gasteiger charge is 2.65. The number of nitrogens with zero attached hydrogens (tertiary/aromatic N) is 3. The molecule has 0 N–H and O–H groups in total. The van der Waals surface area contributed by atoms with Crippen LogP contribution in [0.2, 0.25) is 0 Å². The molecule has 5 nitrogen and oxygen atoms in total. The Morgan fingerprint density at radius 1 is 1.52 bits per heavy atom. The van der Waals surface area contributed by atoms with E-state index in [0.717, 1.165) is 23.6 Å². The average Bonchev–Trinajstić information content (AvgIpc) is 3.02. The number of allylic oxidation sites excluding steroid dienone is 4. The van der Waals surface area contributed by atoms with Crippen LogP contribution in [0.15, 0.2) is 52.9 Å². The standard InChI is InChI=1S/C17H17N3O2S/c1-11-6-4-8-17-9-5-7-12(15(21)22-3)20(17,2)16-18-10-13(23)19(16)14(11)17/h4-7,9-10H,8H2,1-3H3/q+1. The van der Waals surface area contributed by atoms with Gasteiger partial charge in [-0.25, -0.2) is 13.8 Å². The van der Waals surface area contributed by atoms with Crippen LogP contribution in [0.5, 0.6) is 0 Å². The summed E-state index contributed by atoms with van der Waals surface area (Å²) in [5.74, 6) is 0.416. The summed E-state index contributed by atoms with van der Waals surface area (Å²) in [5.41, 5.74) is 2.40. The summed E-state index contributed by atoms with van der Waals surface area (Å²) < 4.78 is 7.30. The fraction of sp³-hybridized carbons (Fsp3) is 0.294. The fourth-order valence-electron chi connectivity index (χ4n) is 4.15. The first kappa shape index (κ1) is 14.4. The number of hydrogen-bond donors (Lipinski definition) is 0. The summed E-state index contributed by atoms with van der Waals surface area (Å²) >= 11 is 5.51. The Balaban J connectivity index is 2.11. The van der Waals surface area contributed by atoms with Crippen LogP contribution in [-0.4, -0.2) is 35.2 Å². The highest BCUT2D eigenvalue weighted by molar-refractivity contribution is 7.80. The van der Waals surface area contributed by atoms with E-state index in [-0.39, 0.29) is 10.5 Å². The number of aromatic nitrogens is 2. The maximum absolute atomic E-state index is 12.4. The van der Waals surface area contributed by atoms with Crippen LogP contribution in [0.3, 0.4) is 0 Å². The minimum absolute atomic E-state index is 0.254. The van der Waals surface area contributed by atoms with Crippen molar-refractivity contribution in [1.82, 2.24) is 14.0 Å². The molecule has 3 aliphatic rings. The molecule has 3 heterocycles. The third kappa shape index (κ3) is 1.45. The van der Waals surface area contributed by atoms with Crippen LogP contribution >= 0.6 is 12.6 Å². The van der Waals surface area contributed by atoms with Gasteiger partial charge < -0.3 is 4.74 Å². The van der Waals surface area contributed by atoms with Crippen molar-refractivity contribution in [2.24, 2.45) is 0 Å². The van der Waals surface area contributed by atoms with E-state index in [4.69, 9.17) is 17.4 Å². The maximum Gasteiger partial charge on any atom is 0.393 e. The molecular formula is C17H17N3O2S+. The Labute approximate surface area is 140 Å². The number of quaternary nitrogens is 1. The van der Waals surface area contributed by atoms with Crippen LogP contribution in [0.25, 0.3) is 5.70 Å². The number of rotatable bonds is 1. The highest BCUT2D eigenvalue weighted by atomic mass is 32.1. The van der Waals surface area contributed by atoms with Gasteiger partial charge in [0, 0.05) is 12.5 Å². The second-order valence-corrected chi connectivity index (χ2v) is 6.62. The van der Waals surface area contributed by atoms with Gasteiger partial charge in [-0.2, -0.15) is 4.98 Å². The second kappa shape index (κ2) is 4.43. The van der Waals surface area contributed by atoms with E-state index in [0.29, 0.717) is 10.7 Å². The van der Waals surface area contributed by atoms with Gasteiger partial charge in [0.25, 0.3) is 0 Å². The van der Waals surface area contributed by atoms with E-state index in [1.54, 1.807) is 6.20 Å². The molecule has 1 aromatic heterocycles. The van der Waals surface area contributed by atoms with Gasteiger partial charge in [0.15, 0.2) is 5.54 Å². The number of ether oxygens (including phenoxy) is 1. The summed E-state index contributed by atoms with van der Waals surface area (Å²) in [6.07, 6.45) is 12.6. The number of hydrogen-bond acceptors (Lipinski definition) is 3. The van der Waals surface area contributed by atoms with Crippen molar-refractivity contribution < 1.29 is 9.53 Å². The lowest BCUT2D eigenvalue weighted by atomic mass is 9.80. The zero-order chi connectivity index (χ0) is 16.4. The summed E-state index contributed by atoms with van der Waals surface area (Å²) in [7, 11) is 3.42. The number of carbonyl (C=O) groups is 1. The summed E-state index contributed by atoms with van der Waals surface area (Å²) in [5, 5.41) is 0.662. The lowest BCUT2D eigenvalue weighted by Crippen LogP contribution is -2.62. The van der Waals surface area contributed by atoms with Crippen LogP contribution in [0.4, 0.5) is 5.95 Å². The number of imidazole rings is 1. The maximum atomic E-state index is 12.4. The van der Waals surface area contributed by atoms with Crippen LogP contribution in [-0.2, 0) is 9.53 Å². The normalized spacial score (nSPS) is 30.7.